The molecule has 0 bridgehead atoms. The van der Waals surface area contributed by atoms with Gasteiger partial charge in [0, 0.05) is 28.1 Å². The van der Waals surface area contributed by atoms with Gasteiger partial charge in [-0.1, -0.05) is 143 Å². The zero-order chi connectivity index (χ0) is 31.3. The van der Waals surface area contributed by atoms with Gasteiger partial charge in [0.25, 0.3) is 0 Å². The summed E-state index contributed by atoms with van der Waals surface area (Å²) in [4.78, 5) is 4.86. The van der Waals surface area contributed by atoms with Crippen LogP contribution in [0.3, 0.4) is 0 Å². The van der Waals surface area contributed by atoms with Crippen molar-refractivity contribution in [3.8, 4) is 5.75 Å². The van der Waals surface area contributed by atoms with Gasteiger partial charge in [-0.25, -0.2) is 0 Å². The molecule has 0 amide bonds. The van der Waals surface area contributed by atoms with E-state index in [1.165, 1.54) is 38.7 Å². The first-order valence-corrected chi connectivity index (χ1v) is 16.7. The van der Waals surface area contributed by atoms with E-state index in [9.17, 15) is 0 Å². The molecule has 0 radical (unpaired) electrons. The fourth-order valence-electron chi connectivity index (χ4n) is 5.60. The van der Waals surface area contributed by atoms with Crippen molar-refractivity contribution in [3.63, 3.8) is 0 Å². The molecule has 0 saturated heterocycles. The second-order valence-electron chi connectivity index (χ2n) is 13.7. The van der Waals surface area contributed by atoms with Crippen molar-refractivity contribution in [2.75, 3.05) is 0 Å². The van der Waals surface area contributed by atoms with Crippen LogP contribution in [0.1, 0.15) is 102 Å². The lowest BCUT2D eigenvalue weighted by Gasteiger charge is -2.38. The largest absolute Gasteiger partial charge is 0.488 e. The third kappa shape index (κ3) is 7.84. The molecule has 0 aliphatic carbocycles. The quantitative estimate of drug-likeness (QED) is 0.133. The van der Waals surface area contributed by atoms with Gasteiger partial charge >= 0.3 is 0 Å². The molecule has 1 unspecified atom stereocenters. The van der Waals surface area contributed by atoms with Crippen molar-refractivity contribution >= 4 is 25.8 Å². The van der Waals surface area contributed by atoms with Crippen molar-refractivity contribution < 1.29 is 4.74 Å². The molecule has 4 aromatic carbocycles. The van der Waals surface area contributed by atoms with E-state index < -0.39 is 0 Å². The van der Waals surface area contributed by atoms with Crippen molar-refractivity contribution in [1.82, 2.24) is 0 Å². The number of nitrogens with zero attached hydrogens (tertiary/aromatic N) is 1. The number of hydrogen-bond donors (Lipinski definition) is 0. The van der Waals surface area contributed by atoms with Crippen molar-refractivity contribution in [2.24, 2.45) is 4.99 Å². The fourth-order valence-corrected chi connectivity index (χ4v) is 7.33. The standard InChI is InChI=1S/C40H50NOP/c1-10-40(11-2,43-37-29(3)19-18-22-31(37)27-41-33-23-16-13-17-24-33)35-26-32(38(4,5)6)25-34(39(7,8)9)36(35)42-28-30-20-14-12-15-21-30/h12-27,43H,10-11,28H2,1-9H3/b41-27+. The van der Waals surface area contributed by atoms with Crippen LogP contribution in [0.4, 0.5) is 5.69 Å². The van der Waals surface area contributed by atoms with E-state index in [2.05, 4.69) is 141 Å². The maximum absolute atomic E-state index is 6.94. The Labute approximate surface area is 262 Å². The maximum atomic E-state index is 6.94. The summed E-state index contributed by atoms with van der Waals surface area (Å²) in [6.07, 6.45) is 4.09. The second kappa shape index (κ2) is 13.6. The summed E-state index contributed by atoms with van der Waals surface area (Å²) in [5.74, 6) is 1.06. The van der Waals surface area contributed by atoms with Crippen molar-refractivity contribution in [3.05, 3.63) is 124 Å². The molecule has 0 aliphatic rings. The summed E-state index contributed by atoms with van der Waals surface area (Å²) < 4.78 is 6.94. The lowest BCUT2D eigenvalue weighted by molar-refractivity contribution is 0.289. The number of rotatable bonds is 10. The summed E-state index contributed by atoms with van der Waals surface area (Å²) in [5, 5.41) is 1.30. The molecule has 0 saturated carbocycles. The van der Waals surface area contributed by atoms with Gasteiger partial charge in [-0.3, -0.25) is 4.99 Å². The first-order chi connectivity index (χ1) is 20.4. The SMILES string of the molecule is CCC(CC)(Pc1c(C)cccc1/C=N/c1ccccc1)c1cc(C(C)(C)C)cc(C(C)(C)C)c1OCc1ccccc1. The summed E-state index contributed by atoms with van der Waals surface area (Å²) in [5.41, 5.74) is 8.61. The van der Waals surface area contributed by atoms with E-state index >= 15 is 0 Å². The minimum absolute atomic E-state index is 0.0131. The normalized spacial score (nSPS) is 12.9. The Hall–Kier alpha value is -3.22. The fraction of sp³-hybridized carbons (Fsp3) is 0.375. The Morgan fingerprint density at radius 1 is 0.721 bits per heavy atom. The van der Waals surface area contributed by atoms with Gasteiger partial charge in [0.2, 0.25) is 0 Å². The summed E-state index contributed by atoms with van der Waals surface area (Å²) in [7, 11) is 0.564. The predicted octanol–water partition coefficient (Wildman–Crippen LogP) is 10.9. The van der Waals surface area contributed by atoms with Crippen LogP contribution in [0.15, 0.2) is 96.0 Å². The molecule has 3 heteroatoms. The lowest BCUT2D eigenvalue weighted by atomic mass is 9.76. The topological polar surface area (TPSA) is 21.6 Å². The zero-order valence-corrected chi connectivity index (χ0v) is 28.7. The van der Waals surface area contributed by atoms with Crippen molar-refractivity contribution in [1.29, 1.82) is 0 Å². The number of benzene rings is 4. The van der Waals surface area contributed by atoms with Gasteiger partial charge in [0.1, 0.15) is 12.4 Å². The average molecular weight is 592 g/mol. The van der Waals surface area contributed by atoms with E-state index in [4.69, 9.17) is 9.73 Å². The minimum Gasteiger partial charge on any atom is -0.488 e. The Bertz CT molecular complexity index is 1520. The van der Waals surface area contributed by atoms with E-state index in [0.29, 0.717) is 15.2 Å². The molecule has 0 aliphatic heterocycles. The first kappa shape index (κ1) is 32.7. The number of aryl methyl sites for hydroxylation is 1. The van der Waals surface area contributed by atoms with Crippen LogP contribution in [-0.2, 0) is 22.6 Å². The second-order valence-corrected chi connectivity index (χ2v) is 15.4. The van der Waals surface area contributed by atoms with Gasteiger partial charge < -0.3 is 4.74 Å². The van der Waals surface area contributed by atoms with Crippen LogP contribution in [0.25, 0.3) is 0 Å². The molecular formula is C40H50NOP. The van der Waals surface area contributed by atoms with E-state index in [0.717, 1.165) is 24.3 Å². The monoisotopic (exact) mass is 591 g/mol. The van der Waals surface area contributed by atoms with Crippen LogP contribution in [-0.4, -0.2) is 6.21 Å². The summed E-state index contributed by atoms with van der Waals surface area (Å²) in [6.45, 7) is 21.4. The highest BCUT2D eigenvalue weighted by Crippen LogP contribution is 2.53. The lowest BCUT2D eigenvalue weighted by Crippen LogP contribution is -2.28. The van der Waals surface area contributed by atoms with Gasteiger partial charge in [0.15, 0.2) is 0 Å². The Morgan fingerprint density at radius 3 is 1.91 bits per heavy atom. The molecule has 43 heavy (non-hydrogen) atoms. The molecule has 0 spiro atoms. The molecular weight excluding hydrogens is 541 g/mol. The average Bonchev–Trinajstić information content (AvgIpc) is 2.98. The Balaban J connectivity index is 1.92. The van der Waals surface area contributed by atoms with Crippen LogP contribution < -0.4 is 10.0 Å². The molecule has 2 nitrogen and oxygen atoms in total. The summed E-state index contributed by atoms with van der Waals surface area (Å²) >= 11 is 0. The number of hydrogen-bond acceptors (Lipinski definition) is 2. The van der Waals surface area contributed by atoms with Gasteiger partial charge in [-0.15, -0.1) is 0 Å². The zero-order valence-electron chi connectivity index (χ0n) is 27.7. The maximum Gasteiger partial charge on any atom is 0.127 e. The highest BCUT2D eigenvalue weighted by Gasteiger charge is 2.37. The van der Waals surface area contributed by atoms with Crippen LogP contribution in [0, 0.1) is 6.92 Å². The smallest absolute Gasteiger partial charge is 0.127 e. The van der Waals surface area contributed by atoms with Gasteiger partial charge in [0.05, 0.1) is 5.69 Å². The molecule has 0 N–H and O–H groups in total. The Morgan fingerprint density at radius 2 is 1.33 bits per heavy atom. The van der Waals surface area contributed by atoms with E-state index in [1.807, 2.05) is 18.2 Å². The highest BCUT2D eigenvalue weighted by atomic mass is 31.1. The van der Waals surface area contributed by atoms with E-state index in [1.54, 1.807) is 0 Å². The Kier molecular flexibility index (Phi) is 10.3. The van der Waals surface area contributed by atoms with E-state index in [-0.39, 0.29) is 16.0 Å². The third-order valence-corrected chi connectivity index (χ3v) is 10.9. The summed E-state index contributed by atoms with van der Waals surface area (Å²) in [6, 6.07) is 32.3. The minimum atomic E-state index is -0.0886. The van der Waals surface area contributed by atoms with Crippen LogP contribution >= 0.6 is 8.58 Å². The first-order valence-electron chi connectivity index (χ1n) is 15.7. The molecule has 226 valence electrons. The molecule has 1 atom stereocenters. The third-order valence-electron chi connectivity index (χ3n) is 8.49. The molecule has 4 aromatic rings. The molecule has 0 fully saturated rings. The number of ether oxygens (including phenoxy) is 1. The van der Waals surface area contributed by atoms with Gasteiger partial charge in [-0.05, 0) is 64.7 Å². The van der Waals surface area contributed by atoms with Crippen LogP contribution in [0.2, 0.25) is 0 Å². The van der Waals surface area contributed by atoms with Crippen LogP contribution in [0.5, 0.6) is 5.75 Å². The number of para-hydroxylation sites is 1. The predicted molar refractivity (Wildman–Crippen MR) is 190 cm³/mol. The number of aliphatic imine (C=N–C) groups is 1. The van der Waals surface area contributed by atoms with Gasteiger partial charge in [-0.2, -0.15) is 0 Å². The highest BCUT2D eigenvalue weighted by molar-refractivity contribution is 7.49. The molecule has 0 heterocycles. The molecule has 0 aromatic heterocycles. The molecule has 4 rings (SSSR count). The van der Waals surface area contributed by atoms with Crippen molar-refractivity contribution in [2.45, 2.75) is 97.7 Å².